The van der Waals surface area contributed by atoms with Gasteiger partial charge in [0.1, 0.15) is 0 Å². The van der Waals surface area contributed by atoms with Crippen LogP contribution in [-0.2, 0) is 6.42 Å². The summed E-state index contributed by atoms with van der Waals surface area (Å²) >= 11 is 0. The van der Waals surface area contributed by atoms with Crippen molar-refractivity contribution in [2.75, 3.05) is 7.05 Å². The van der Waals surface area contributed by atoms with Gasteiger partial charge in [-0.25, -0.2) is 8.78 Å². The Morgan fingerprint density at radius 3 is 2.53 bits per heavy atom. The third kappa shape index (κ3) is 3.32. The topological polar surface area (TPSA) is 37.8 Å². The smallest absolute Gasteiger partial charge is 0.159 e. The molecule has 3 nitrogen and oxygen atoms in total. The normalized spacial score (nSPS) is 12.4. The van der Waals surface area contributed by atoms with Crippen molar-refractivity contribution in [3.8, 4) is 0 Å². The summed E-state index contributed by atoms with van der Waals surface area (Å²) in [5.41, 5.74) is 2.32. The summed E-state index contributed by atoms with van der Waals surface area (Å²) in [4.78, 5) is 8.48. The summed E-state index contributed by atoms with van der Waals surface area (Å²) in [5.74, 6) is -1.66. The molecule has 1 N–H and O–H groups in total. The average Bonchev–Trinajstić information content (AvgIpc) is 2.41. The Morgan fingerprint density at radius 1 is 1.16 bits per heavy atom. The van der Waals surface area contributed by atoms with Crippen LogP contribution in [0.4, 0.5) is 8.78 Å². The fourth-order valence-corrected chi connectivity index (χ4v) is 1.84. The molecule has 5 heteroatoms. The van der Waals surface area contributed by atoms with Crippen LogP contribution in [-0.4, -0.2) is 17.0 Å². The summed E-state index contributed by atoms with van der Waals surface area (Å²) in [6.45, 7) is 1.86. The van der Waals surface area contributed by atoms with Crippen LogP contribution in [0.25, 0.3) is 0 Å². The van der Waals surface area contributed by atoms with Gasteiger partial charge < -0.3 is 5.32 Å². The van der Waals surface area contributed by atoms with Gasteiger partial charge in [0.2, 0.25) is 0 Å². The standard InChI is InChI=1S/C14H15F2N3/c1-9-7-19-14(8-18-9)13(17-2)6-10-3-4-11(15)12(16)5-10/h3-5,7-8,13,17H,6H2,1-2H3. The van der Waals surface area contributed by atoms with Crippen molar-refractivity contribution >= 4 is 0 Å². The van der Waals surface area contributed by atoms with Gasteiger partial charge in [0.25, 0.3) is 0 Å². The van der Waals surface area contributed by atoms with Crippen LogP contribution in [0.5, 0.6) is 0 Å². The van der Waals surface area contributed by atoms with Gasteiger partial charge in [-0.05, 0) is 38.1 Å². The molecule has 0 radical (unpaired) electrons. The summed E-state index contributed by atoms with van der Waals surface area (Å²) in [5, 5.41) is 3.10. The van der Waals surface area contributed by atoms with Crippen molar-refractivity contribution in [3.63, 3.8) is 0 Å². The largest absolute Gasteiger partial charge is 0.311 e. The first-order valence-corrected chi connectivity index (χ1v) is 6.00. The van der Waals surface area contributed by atoms with E-state index in [2.05, 4.69) is 15.3 Å². The van der Waals surface area contributed by atoms with E-state index in [0.717, 1.165) is 17.5 Å². The molecular weight excluding hydrogens is 248 g/mol. The number of hydrogen-bond acceptors (Lipinski definition) is 3. The zero-order valence-corrected chi connectivity index (χ0v) is 10.8. The SMILES string of the molecule is CNC(Cc1ccc(F)c(F)c1)c1cnc(C)cn1. The van der Waals surface area contributed by atoms with E-state index in [-0.39, 0.29) is 6.04 Å². The van der Waals surface area contributed by atoms with Crippen LogP contribution >= 0.6 is 0 Å². The van der Waals surface area contributed by atoms with Gasteiger partial charge in [0, 0.05) is 6.20 Å². The van der Waals surface area contributed by atoms with Crippen molar-refractivity contribution in [2.45, 2.75) is 19.4 Å². The van der Waals surface area contributed by atoms with Gasteiger partial charge in [0.15, 0.2) is 11.6 Å². The molecule has 0 saturated carbocycles. The summed E-state index contributed by atoms with van der Waals surface area (Å²) in [6, 6.07) is 3.84. The van der Waals surface area contributed by atoms with Crippen molar-refractivity contribution in [3.05, 3.63) is 59.2 Å². The Kier molecular flexibility index (Phi) is 4.16. The minimum Gasteiger partial charge on any atom is -0.311 e. The number of hydrogen-bond donors (Lipinski definition) is 1. The van der Waals surface area contributed by atoms with E-state index in [0.29, 0.717) is 12.0 Å². The Balaban J connectivity index is 2.18. The number of likely N-dealkylation sites (N-methyl/N-ethyl adjacent to an activating group) is 1. The van der Waals surface area contributed by atoms with Gasteiger partial charge >= 0.3 is 0 Å². The zero-order valence-electron chi connectivity index (χ0n) is 10.8. The molecule has 19 heavy (non-hydrogen) atoms. The second kappa shape index (κ2) is 5.84. The monoisotopic (exact) mass is 263 g/mol. The fourth-order valence-electron chi connectivity index (χ4n) is 1.84. The number of rotatable bonds is 4. The second-order valence-corrected chi connectivity index (χ2v) is 4.38. The Labute approximate surface area is 110 Å². The maximum atomic E-state index is 13.2. The van der Waals surface area contributed by atoms with E-state index in [1.807, 2.05) is 6.92 Å². The molecule has 100 valence electrons. The van der Waals surface area contributed by atoms with E-state index in [9.17, 15) is 8.78 Å². The Hall–Kier alpha value is -1.88. The molecule has 0 spiro atoms. The van der Waals surface area contributed by atoms with Crippen molar-refractivity contribution in [2.24, 2.45) is 0 Å². The van der Waals surface area contributed by atoms with Crippen LogP contribution in [0, 0.1) is 18.6 Å². The average molecular weight is 263 g/mol. The predicted molar refractivity (Wildman–Crippen MR) is 68.6 cm³/mol. The highest BCUT2D eigenvalue weighted by atomic mass is 19.2. The van der Waals surface area contributed by atoms with E-state index in [1.54, 1.807) is 25.5 Å². The molecule has 2 aromatic rings. The lowest BCUT2D eigenvalue weighted by Crippen LogP contribution is -2.20. The first kappa shape index (κ1) is 13.5. The lowest BCUT2D eigenvalue weighted by atomic mass is 10.0. The minimum absolute atomic E-state index is 0.0852. The van der Waals surface area contributed by atoms with Gasteiger partial charge in [-0.2, -0.15) is 0 Å². The van der Waals surface area contributed by atoms with Crippen LogP contribution < -0.4 is 5.32 Å². The second-order valence-electron chi connectivity index (χ2n) is 4.38. The third-order valence-corrected chi connectivity index (χ3v) is 2.93. The van der Waals surface area contributed by atoms with Gasteiger partial charge in [-0.15, -0.1) is 0 Å². The molecule has 0 aliphatic carbocycles. The highest BCUT2D eigenvalue weighted by Crippen LogP contribution is 2.17. The molecule has 0 aliphatic heterocycles. The molecule has 0 amide bonds. The number of aromatic nitrogens is 2. The molecule has 1 aromatic carbocycles. The fraction of sp³-hybridized carbons (Fsp3) is 0.286. The lowest BCUT2D eigenvalue weighted by Gasteiger charge is -2.15. The Morgan fingerprint density at radius 2 is 1.95 bits per heavy atom. The molecule has 2 rings (SSSR count). The highest BCUT2D eigenvalue weighted by Gasteiger charge is 2.13. The van der Waals surface area contributed by atoms with Crippen molar-refractivity contribution in [1.82, 2.24) is 15.3 Å². The van der Waals surface area contributed by atoms with Crippen LogP contribution in [0.3, 0.4) is 0 Å². The zero-order chi connectivity index (χ0) is 13.8. The molecule has 0 aliphatic rings. The van der Waals surface area contributed by atoms with Gasteiger partial charge in [-0.3, -0.25) is 9.97 Å². The molecule has 1 heterocycles. The molecule has 1 atom stereocenters. The van der Waals surface area contributed by atoms with Crippen LogP contribution in [0.2, 0.25) is 0 Å². The summed E-state index contributed by atoms with van der Waals surface area (Å²) in [7, 11) is 1.80. The van der Waals surface area contributed by atoms with Gasteiger partial charge in [-0.1, -0.05) is 6.07 Å². The number of halogens is 2. The van der Waals surface area contributed by atoms with E-state index in [1.165, 1.54) is 6.07 Å². The van der Waals surface area contributed by atoms with Crippen LogP contribution in [0.1, 0.15) is 23.0 Å². The third-order valence-electron chi connectivity index (χ3n) is 2.93. The lowest BCUT2D eigenvalue weighted by molar-refractivity contribution is 0.504. The first-order valence-electron chi connectivity index (χ1n) is 6.00. The molecule has 1 aromatic heterocycles. The van der Waals surface area contributed by atoms with E-state index >= 15 is 0 Å². The highest BCUT2D eigenvalue weighted by molar-refractivity contribution is 5.20. The van der Waals surface area contributed by atoms with Gasteiger partial charge in [0.05, 0.1) is 23.6 Å². The number of aryl methyl sites for hydroxylation is 1. The first-order chi connectivity index (χ1) is 9.10. The van der Waals surface area contributed by atoms with E-state index < -0.39 is 11.6 Å². The molecule has 1 unspecified atom stereocenters. The van der Waals surface area contributed by atoms with Crippen molar-refractivity contribution in [1.29, 1.82) is 0 Å². The van der Waals surface area contributed by atoms with E-state index in [4.69, 9.17) is 0 Å². The summed E-state index contributed by atoms with van der Waals surface area (Å²) < 4.78 is 26.0. The predicted octanol–water partition coefficient (Wildman–Crippen LogP) is 2.57. The molecular formula is C14H15F2N3. The minimum atomic E-state index is -0.833. The van der Waals surface area contributed by atoms with Crippen molar-refractivity contribution < 1.29 is 8.78 Å². The number of nitrogens with zero attached hydrogens (tertiary/aromatic N) is 2. The maximum Gasteiger partial charge on any atom is 0.159 e. The maximum absolute atomic E-state index is 13.2. The quantitative estimate of drug-likeness (QED) is 0.921. The summed E-state index contributed by atoms with van der Waals surface area (Å²) in [6.07, 6.45) is 3.90. The molecule has 0 bridgehead atoms. The van der Waals surface area contributed by atoms with Crippen LogP contribution in [0.15, 0.2) is 30.6 Å². The Bertz CT molecular complexity index is 555. The number of benzene rings is 1. The molecule has 0 saturated heterocycles. The molecule has 0 fully saturated rings. The number of nitrogens with one attached hydrogen (secondary N) is 1.